The largest absolute Gasteiger partial charge is 0.494 e. The highest BCUT2D eigenvalue weighted by molar-refractivity contribution is 5.94. The van der Waals surface area contributed by atoms with E-state index in [4.69, 9.17) is 4.74 Å². The van der Waals surface area contributed by atoms with Crippen LogP contribution in [0.4, 0.5) is 0 Å². The first-order valence-electron chi connectivity index (χ1n) is 13.2. The molecule has 2 fully saturated rings. The minimum atomic E-state index is 0.0926. The van der Waals surface area contributed by atoms with E-state index in [0.717, 1.165) is 82.8 Å². The summed E-state index contributed by atoms with van der Waals surface area (Å²) in [5, 5.41) is 4.25. The van der Waals surface area contributed by atoms with Gasteiger partial charge in [0.1, 0.15) is 5.75 Å². The average molecular weight is 502 g/mol. The minimum absolute atomic E-state index is 0.0926. The fourth-order valence-corrected chi connectivity index (χ4v) is 5.20. The van der Waals surface area contributed by atoms with Crippen molar-refractivity contribution in [1.29, 1.82) is 0 Å². The van der Waals surface area contributed by atoms with E-state index in [1.165, 1.54) is 5.56 Å². The van der Waals surface area contributed by atoms with Gasteiger partial charge in [0.25, 0.3) is 5.91 Å². The smallest absolute Gasteiger partial charge is 0.254 e. The molecular weight excluding hydrogens is 466 g/mol. The van der Waals surface area contributed by atoms with E-state index in [2.05, 4.69) is 22.1 Å². The minimum Gasteiger partial charge on any atom is -0.494 e. The van der Waals surface area contributed by atoms with Gasteiger partial charge < -0.3 is 14.5 Å². The molecule has 0 saturated carbocycles. The van der Waals surface area contributed by atoms with Crippen LogP contribution in [0, 0.1) is 0 Å². The first-order chi connectivity index (χ1) is 18.2. The monoisotopic (exact) mass is 501 g/mol. The molecule has 1 atom stereocenters. The van der Waals surface area contributed by atoms with Crippen molar-refractivity contribution in [1.82, 2.24) is 24.5 Å². The highest BCUT2D eigenvalue weighted by Gasteiger charge is 2.27. The standard InChI is InChI=1S/C29H35N5O3/c35-23-32-19-17-31(18-20-32)22-24-5-11-28(12-6-24)37-21-13-26-4-1-2-15-33(26)29(36)25-7-9-27(10-8-25)34-16-3-14-30-34/h3,5-12,14,16,23,26H,1-2,4,13,15,17-22H2/t26-/m1/s1. The Morgan fingerprint density at radius 3 is 2.46 bits per heavy atom. The summed E-state index contributed by atoms with van der Waals surface area (Å²) < 4.78 is 7.86. The molecule has 0 N–H and O–H groups in total. The highest BCUT2D eigenvalue weighted by atomic mass is 16.5. The second-order valence-corrected chi connectivity index (χ2v) is 9.84. The van der Waals surface area contributed by atoms with Crippen molar-refractivity contribution in [2.24, 2.45) is 0 Å². The van der Waals surface area contributed by atoms with Gasteiger partial charge in [-0.1, -0.05) is 12.1 Å². The molecule has 5 rings (SSSR count). The van der Waals surface area contributed by atoms with Gasteiger partial charge in [-0.05, 0) is 67.3 Å². The lowest BCUT2D eigenvalue weighted by atomic mass is 9.98. The maximum absolute atomic E-state index is 13.3. The van der Waals surface area contributed by atoms with Crippen LogP contribution in [0.15, 0.2) is 67.0 Å². The maximum atomic E-state index is 13.3. The Morgan fingerprint density at radius 2 is 1.76 bits per heavy atom. The Morgan fingerprint density at radius 1 is 0.973 bits per heavy atom. The number of aromatic nitrogens is 2. The zero-order valence-electron chi connectivity index (χ0n) is 21.2. The van der Waals surface area contributed by atoms with Crippen molar-refractivity contribution in [2.75, 3.05) is 39.3 Å². The number of nitrogens with zero attached hydrogens (tertiary/aromatic N) is 5. The second kappa shape index (κ2) is 12.1. The Bertz CT molecular complexity index is 1140. The lowest BCUT2D eigenvalue weighted by Gasteiger charge is -2.36. The predicted molar refractivity (Wildman–Crippen MR) is 142 cm³/mol. The van der Waals surface area contributed by atoms with Crippen molar-refractivity contribution >= 4 is 12.3 Å². The number of carbonyl (C=O) groups excluding carboxylic acids is 2. The summed E-state index contributed by atoms with van der Waals surface area (Å²) in [6.45, 7) is 5.66. The highest BCUT2D eigenvalue weighted by Crippen LogP contribution is 2.23. The Kier molecular flexibility index (Phi) is 8.15. The summed E-state index contributed by atoms with van der Waals surface area (Å²) in [5.74, 6) is 0.951. The van der Waals surface area contributed by atoms with E-state index < -0.39 is 0 Å². The van der Waals surface area contributed by atoms with E-state index in [-0.39, 0.29) is 11.9 Å². The number of benzene rings is 2. The molecule has 8 nitrogen and oxygen atoms in total. The van der Waals surface area contributed by atoms with E-state index in [1.807, 2.05) is 58.5 Å². The maximum Gasteiger partial charge on any atom is 0.254 e. The molecule has 3 heterocycles. The van der Waals surface area contributed by atoms with Crippen LogP contribution in [-0.4, -0.2) is 82.2 Å². The number of amides is 2. The van der Waals surface area contributed by atoms with Crippen molar-refractivity contribution in [3.63, 3.8) is 0 Å². The molecule has 2 saturated heterocycles. The summed E-state index contributed by atoms with van der Waals surface area (Å²) in [7, 11) is 0. The molecule has 1 aromatic heterocycles. The summed E-state index contributed by atoms with van der Waals surface area (Å²) >= 11 is 0. The molecule has 2 aromatic carbocycles. The fourth-order valence-electron chi connectivity index (χ4n) is 5.20. The number of piperidine rings is 1. The first-order valence-corrected chi connectivity index (χ1v) is 13.2. The topological polar surface area (TPSA) is 70.9 Å². The molecule has 0 spiro atoms. The predicted octanol–water partition coefficient (Wildman–Crippen LogP) is 3.61. The van der Waals surface area contributed by atoms with Gasteiger partial charge in [-0.25, -0.2) is 4.68 Å². The van der Waals surface area contributed by atoms with Crippen LogP contribution in [0.3, 0.4) is 0 Å². The van der Waals surface area contributed by atoms with Crippen LogP contribution in [0.25, 0.3) is 5.69 Å². The summed E-state index contributed by atoms with van der Waals surface area (Å²) in [6.07, 6.45) is 8.59. The number of hydrogen-bond acceptors (Lipinski definition) is 5. The number of carbonyl (C=O) groups is 2. The van der Waals surface area contributed by atoms with Crippen LogP contribution in [0.2, 0.25) is 0 Å². The molecule has 0 unspecified atom stereocenters. The van der Waals surface area contributed by atoms with Crippen LogP contribution in [0.5, 0.6) is 5.75 Å². The Labute approximate surface area is 218 Å². The Hall–Kier alpha value is -3.65. The Balaban J connectivity index is 1.11. The molecule has 0 radical (unpaired) electrons. The third-order valence-electron chi connectivity index (χ3n) is 7.38. The van der Waals surface area contributed by atoms with Gasteiger partial charge in [-0.2, -0.15) is 5.10 Å². The molecule has 2 amide bonds. The third kappa shape index (κ3) is 6.38. The molecular formula is C29H35N5O3. The zero-order chi connectivity index (χ0) is 25.5. The number of hydrogen-bond donors (Lipinski definition) is 0. The van der Waals surface area contributed by atoms with Crippen molar-refractivity contribution in [3.05, 3.63) is 78.1 Å². The summed E-state index contributed by atoms with van der Waals surface area (Å²) in [5.41, 5.74) is 2.90. The average Bonchev–Trinajstić information content (AvgIpc) is 3.50. The summed E-state index contributed by atoms with van der Waals surface area (Å²) in [4.78, 5) is 30.4. The summed E-state index contributed by atoms with van der Waals surface area (Å²) in [6, 6.07) is 18.0. The first kappa shape index (κ1) is 25.0. The van der Waals surface area contributed by atoms with Gasteiger partial charge in [0, 0.05) is 69.7 Å². The van der Waals surface area contributed by atoms with Gasteiger partial charge in [0.05, 0.1) is 12.3 Å². The molecule has 2 aliphatic rings. The number of piperazine rings is 1. The number of rotatable bonds is 9. The molecule has 37 heavy (non-hydrogen) atoms. The number of ether oxygens (including phenoxy) is 1. The van der Waals surface area contributed by atoms with Crippen LogP contribution in [0.1, 0.15) is 41.6 Å². The van der Waals surface area contributed by atoms with Gasteiger partial charge in [0.2, 0.25) is 6.41 Å². The third-order valence-corrected chi connectivity index (χ3v) is 7.38. The zero-order valence-corrected chi connectivity index (χ0v) is 21.2. The molecule has 3 aromatic rings. The van der Waals surface area contributed by atoms with Crippen LogP contribution >= 0.6 is 0 Å². The van der Waals surface area contributed by atoms with Gasteiger partial charge in [-0.3, -0.25) is 14.5 Å². The molecule has 194 valence electrons. The number of likely N-dealkylation sites (tertiary alicyclic amines) is 1. The van der Waals surface area contributed by atoms with Crippen molar-refractivity contribution in [3.8, 4) is 11.4 Å². The fraction of sp³-hybridized carbons (Fsp3) is 0.414. The molecule has 2 aliphatic heterocycles. The van der Waals surface area contributed by atoms with E-state index in [1.54, 1.807) is 10.9 Å². The lowest BCUT2D eigenvalue weighted by molar-refractivity contribution is -0.119. The van der Waals surface area contributed by atoms with Crippen molar-refractivity contribution < 1.29 is 14.3 Å². The van der Waals surface area contributed by atoms with Gasteiger partial charge in [0.15, 0.2) is 0 Å². The van der Waals surface area contributed by atoms with E-state index in [9.17, 15) is 9.59 Å². The van der Waals surface area contributed by atoms with Crippen LogP contribution < -0.4 is 4.74 Å². The van der Waals surface area contributed by atoms with E-state index >= 15 is 0 Å². The van der Waals surface area contributed by atoms with Crippen LogP contribution in [-0.2, 0) is 11.3 Å². The lowest BCUT2D eigenvalue weighted by Crippen LogP contribution is -2.45. The van der Waals surface area contributed by atoms with E-state index in [0.29, 0.717) is 12.2 Å². The molecule has 0 aliphatic carbocycles. The van der Waals surface area contributed by atoms with Gasteiger partial charge >= 0.3 is 0 Å². The normalized spacial score (nSPS) is 18.5. The SMILES string of the molecule is O=CN1CCN(Cc2ccc(OCC[C@H]3CCCCN3C(=O)c3ccc(-n4cccn4)cc3)cc2)CC1. The second-order valence-electron chi connectivity index (χ2n) is 9.84. The van der Waals surface area contributed by atoms with Gasteiger partial charge in [-0.15, -0.1) is 0 Å². The molecule has 8 heteroatoms. The quantitative estimate of drug-likeness (QED) is 0.419. The molecule has 0 bridgehead atoms. The van der Waals surface area contributed by atoms with Crippen molar-refractivity contribution in [2.45, 2.75) is 38.3 Å².